The van der Waals surface area contributed by atoms with Crippen LogP contribution in [0.3, 0.4) is 0 Å². The number of nitrogens with one attached hydrogen (secondary N) is 2. The first-order valence-electron chi connectivity index (χ1n) is 14.4. The lowest BCUT2D eigenvalue weighted by molar-refractivity contribution is -0.121. The van der Waals surface area contributed by atoms with Gasteiger partial charge in [0, 0.05) is 22.6 Å². The van der Waals surface area contributed by atoms with Gasteiger partial charge in [0.15, 0.2) is 0 Å². The smallest absolute Gasteiger partial charge is 0.272 e. The van der Waals surface area contributed by atoms with Crippen LogP contribution in [0.4, 0.5) is 11.4 Å². The van der Waals surface area contributed by atoms with Gasteiger partial charge in [-0.3, -0.25) is 19.2 Å². The number of nitrogens with zero attached hydrogens (tertiary/aromatic N) is 1. The highest BCUT2D eigenvalue weighted by molar-refractivity contribution is 8.00. The van der Waals surface area contributed by atoms with Crippen molar-refractivity contribution in [2.24, 2.45) is 0 Å². The summed E-state index contributed by atoms with van der Waals surface area (Å²) in [6, 6.07) is 30.9. The fourth-order valence-corrected chi connectivity index (χ4v) is 5.78. The number of carbonyl (C=O) groups is 4. The first-order chi connectivity index (χ1) is 21.2. The van der Waals surface area contributed by atoms with Gasteiger partial charge in [0.1, 0.15) is 5.70 Å². The van der Waals surface area contributed by atoms with E-state index in [4.69, 9.17) is 0 Å². The molecule has 5 rings (SSSR count). The van der Waals surface area contributed by atoms with E-state index in [1.807, 2.05) is 49.4 Å². The molecule has 1 fully saturated rings. The summed E-state index contributed by atoms with van der Waals surface area (Å²) in [6.45, 7) is 6.17. The molecule has 4 aromatic rings. The molecule has 0 spiro atoms. The number of amides is 4. The van der Waals surface area contributed by atoms with Crippen molar-refractivity contribution in [1.29, 1.82) is 0 Å². The van der Waals surface area contributed by atoms with Crippen LogP contribution in [0.2, 0.25) is 0 Å². The molecule has 0 aromatic heterocycles. The Bertz CT molecular complexity index is 1700. The van der Waals surface area contributed by atoms with Gasteiger partial charge in [0.2, 0.25) is 11.8 Å². The van der Waals surface area contributed by atoms with Gasteiger partial charge in [-0.15, -0.1) is 11.8 Å². The van der Waals surface area contributed by atoms with E-state index in [2.05, 4.69) is 24.5 Å². The third-order valence-corrected chi connectivity index (χ3v) is 8.43. The third-order valence-electron chi connectivity index (χ3n) is 7.23. The molecule has 1 unspecified atom stereocenters. The van der Waals surface area contributed by atoms with Crippen LogP contribution in [0, 0.1) is 6.92 Å². The predicted molar refractivity (Wildman–Crippen MR) is 175 cm³/mol. The molecule has 4 amide bonds. The largest absolute Gasteiger partial charge is 0.321 e. The van der Waals surface area contributed by atoms with Gasteiger partial charge in [-0.25, -0.2) is 4.90 Å². The van der Waals surface area contributed by atoms with Crippen LogP contribution in [-0.2, 0) is 14.4 Å². The third kappa shape index (κ3) is 7.33. The number of thioether (sulfide) groups is 1. The number of rotatable bonds is 9. The van der Waals surface area contributed by atoms with Gasteiger partial charge >= 0.3 is 0 Å². The Kier molecular flexibility index (Phi) is 9.41. The minimum Gasteiger partial charge on any atom is -0.321 e. The van der Waals surface area contributed by atoms with E-state index in [0.29, 0.717) is 22.9 Å². The van der Waals surface area contributed by atoms with Crippen LogP contribution in [-0.4, -0.2) is 28.9 Å². The quantitative estimate of drug-likeness (QED) is 0.159. The van der Waals surface area contributed by atoms with Gasteiger partial charge in [-0.1, -0.05) is 74.0 Å². The molecule has 1 aliphatic rings. The van der Waals surface area contributed by atoms with E-state index in [1.165, 1.54) is 22.2 Å². The Morgan fingerprint density at radius 3 is 2.16 bits per heavy atom. The molecular weight excluding hydrogens is 570 g/mol. The lowest BCUT2D eigenvalue weighted by atomic mass is 10.0. The van der Waals surface area contributed by atoms with E-state index >= 15 is 0 Å². The van der Waals surface area contributed by atoms with Crippen molar-refractivity contribution in [3.63, 3.8) is 0 Å². The van der Waals surface area contributed by atoms with Gasteiger partial charge < -0.3 is 10.6 Å². The molecular formula is C36H33N3O4S. The van der Waals surface area contributed by atoms with Gasteiger partial charge in [-0.05, 0) is 78.6 Å². The van der Waals surface area contributed by atoms with Crippen molar-refractivity contribution in [2.75, 3.05) is 10.2 Å². The zero-order valence-electron chi connectivity index (χ0n) is 24.7. The normalized spacial score (nSPS) is 15.0. The minimum absolute atomic E-state index is 0.0980. The zero-order chi connectivity index (χ0) is 31.2. The Morgan fingerprint density at radius 1 is 0.864 bits per heavy atom. The summed E-state index contributed by atoms with van der Waals surface area (Å²) in [7, 11) is 0. The number of anilines is 2. The molecule has 1 atom stereocenters. The van der Waals surface area contributed by atoms with E-state index in [-0.39, 0.29) is 23.9 Å². The predicted octanol–water partition coefficient (Wildman–Crippen LogP) is 6.95. The molecule has 1 aliphatic heterocycles. The topological polar surface area (TPSA) is 95.6 Å². The number of benzene rings is 4. The molecule has 0 bridgehead atoms. The van der Waals surface area contributed by atoms with Crippen LogP contribution >= 0.6 is 11.8 Å². The van der Waals surface area contributed by atoms with Crippen molar-refractivity contribution < 1.29 is 19.2 Å². The summed E-state index contributed by atoms with van der Waals surface area (Å²) in [5.74, 6) is -0.974. The fraction of sp³-hybridized carbons (Fsp3) is 0.167. The second kappa shape index (κ2) is 13.6. The highest BCUT2D eigenvalue weighted by atomic mass is 32.2. The average Bonchev–Trinajstić information content (AvgIpc) is 3.30. The van der Waals surface area contributed by atoms with Gasteiger partial charge in [-0.2, -0.15) is 0 Å². The summed E-state index contributed by atoms with van der Waals surface area (Å²) < 4.78 is 0. The molecule has 222 valence electrons. The minimum atomic E-state index is -0.533. The van der Waals surface area contributed by atoms with Crippen LogP contribution in [0.5, 0.6) is 0 Å². The second-order valence-electron chi connectivity index (χ2n) is 10.9. The maximum atomic E-state index is 13.4. The Hall–Kier alpha value is -4.95. The maximum Gasteiger partial charge on any atom is 0.272 e. The molecule has 44 heavy (non-hydrogen) atoms. The zero-order valence-corrected chi connectivity index (χ0v) is 25.6. The molecule has 4 aromatic carbocycles. The Balaban J connectivity index is 1.28. The summed E-state index contributed by atoms with van der Waals surface area (Å²) in [5, 5.41) is 5.09. The number of hydrogen-bond donors (Lipinski definition) is 2. The maximum absolute atomic E-state index is 13.4. The fourth-order valence-electron chi connectivity index (χ4n) is 4.73. The molecule has 1 saturated heterocycles. The summed E-state index contributed by atoms with van der Waals surface area (Å²) in [6.07, 6.45) is 1.76. The number of carbonyl (C=O) groups excluding carboxylic acids is 4. The number of aryl methyl sites for hydroxylation is 1. The monoisotopic (exact) mass is 603 g/mol. The lowest BCUT2D eigenvalue weighted by Crippen LogP contribution is -2.31. The van der Waals surface area contributed by atoms with Crippen LogP contribution in [0.15, 0.2) is 114 Å². The van der Waals surface area contributed by atoms with E-state index in [1.54, 1.807) is 66.7 Å². The molecule has 1 heterocycles. The first-order valence-corrected chi connectivity index (χ1v) is 15.3. The van der Waals surface area contributed by atoms with Gasteiger partial charge in [0.05, 0.1) is 10.9 Å². The average molecular weight is 604 g/mol. The van der Waals surface area contributed by atoms with Crippen molar-refractivity contribution in [2.45, 2.75) is 43.3 Å². The van der Waals surface area contributed by atoms with Crippen molar-refractivity contribution in [3.05, 3.63) is 131 Å². The lowest BCUT2D eigenvalue weighted by Gasteiger charge is -2.15. The summed E-state index contributed by atoms with van der Waals surface area (Å²) in [5.41, 5.74) is 4.62. The highest BCUT2D eigenvalue weighted by Gasteiger charge is 2.40. The molecule has 0 aliphatic carbocycles. The van der Waals surface area contributed by atoms with Crippen LogP contribution in [0.25, 0.3) is 6.08 Å². The van der Waals surface area contributed by atoms with E-state index < -0.39 is 17.1 Å². The van der Waals surface area contributed by atoms with Crippen LogP contribution < -0.4 is 15.5 Å². The van der Waals surface area contributed by atoms with Crippen molar-refractivity contribution in [1.82, 2.24) is 5.32 Å². The standard InChI is InChI=1S/C36H33N3O4S/c1-23(2)26-13-11-25(12-14-26)21-31(38-34(41)27-7-5-4-6-8-27)35(42)37-28-15-19-30(20-16-28)44-32-22-33(40)39(36(32)43)29-17-9-24(3)10-18-29/h4-21,23,32H,22H2,1-3H3,(H,37,42)(H,38,41)/b31-21-. The number of hydrogen-bond acceptors (Lipinski definition) is 5. The van der Waals surface area contributed by atoms with Crippen LogP contribution in [0.1, 0.15) is 53.2 Å². The summed E-state index contributed by atoms with van der Waals surface area (Å²) in [4.78, 5) is 54.1. The van der Waals surface area contributed by atoms with E-state index in [0.717, 1.165) is 16.0 Å². The first kappa shape index (κ1) is 30.5. The SMILES string of the molecule is Cc1ccc(N2C(=O)CC(Sc3ccc(NC(=O)/C(=C/c4ccc(C(C)C)cc4)NC(=O)c4ccccc4)cc3)C2=O)cc1. The highest BCUT2D eigenvalue weighted by Crippen LogP contribution is 2.34. The Morgan fingerprint density at radius 2 is 1.52 bits per heavy atom. The number of imide groups is 1. The van der Waals surface area contributed by atoms with Crippen molar-refractivity contribution in [3.8, 4) is 0 Å². The van der Waals surface area contributed by atoms with Gasteiger partial charge in [0.25, 0.3) is 11.8 Å². The molecule has 8 heteroatoms. The molecule has 0 radical (unpaired) electrons. The summed E-state index contributed by atoms with van der Waals surface area (Å²) >= 11 is 1.32. The molecule has 2 N–H and O–H groups in total. The molecule has 0 saturated carbocycles. The van der Waals surface area contributed by atoms with E-state index in [9.17, 15) is 19.2 Å². The second-order valence-corrected chi connectivity index (χ2v) is 12.2. The van der Waals surface area contributed by atoms with Crippen molar-refractivity contribution >= 4 is 52.8 Å². The molecule has 7 nitrogen and oxygen atoms in total. The Labute approximate surface area is 261 Å².